The van der Waals surface area contributed by atoms with Crippen LogP contribution in [-0.2, 0) is 0 Å². The summed E-state index contributed by atoms with van der Waals surface area (Å²) in [4.78, 5) is 14.6. The van der Waals surface area contributed by atoms with Crippen LogP contribution in [0.25, 0.3) is 0 Å². The standard InChI is InChI=1S/C15H24BrN3O/c1-3-18(4-2)9-5-8-17-15(20)14-10-12(16)11-19(14)13-6-7-13/h10-11,13H,3-9H2,1-2H3,(H,17,20). The molecule has 112 valence electrons. The fraction of sp³-hybridized carbons (Fsp3) is 0.667. The second-order valence-electron chi connectivity index (χ2n) is 5.32. The molecule has 1 amide bonds. The lowest BCUT2D eigenvalue weighted by atomic mass is 10.3. The van der Waals surface area contributed by atoms with Gasteiger partial charge in [0.05, 0.1) is 0 Å². The molecule has 0 spiro atoms. The summed E-state index contributed by atoms with van der Waals surface area (Å²) in [6, 6.07) is 2.44. The second kappa shape index (κ2) is 7.27. The van der Waals surface area contributed by atoms with Gasteiger partial charge in [0.25, 0.3) is 5.91 Å². The van der Waals surface area contributed by atoms with E-state index in [1.54, 1.807) is 0 Å². The first kappa shape index (κ1) is 15.6. The summed E-state index contributed by atoms with van der Waals surface area (Å²) < 4.78 is 3.08. The van der Waals surface area contributed by atoms with Crippen LogP contribution in [0.3, 0.4) is 0 Å². The van der Waals surface area contributed by atoms with Crippen molar-refractivity contribution in [2.45, 2.75) is 39.2 Å². The third kappa shape index (κ3) is 4.09. The summed E-state index contributed by atoms with van der Waals surface area (Å²) in [5.74, 6) is 0.0437. The van der Waals surface area contributed by atoms with Crippen molar-refractivity contribution in [1.29, 1.82) is 0 Å². The lowest BCUT2D eigenvalue weighted by Gasteiger charge is -2.17. The topological polar surface area (TPSA) is 37.3 Å². The van der Waals surface area contributed by atoms with Gasteiger partial charge < -0.3 is 14.8 Å². The Labute approximate surface area is 129 Å². The number of halogens is 1. The van der Waals surface area contributed by atoms with Crippen molar-refractivity contribution in [1.82, 2.24) is 14.8 Å². The van der Waals surface area contributed by atoms with Crippen LogP contribution in [0.1, 0.15) is 49.6 Å². The van der Waals surface area contributed by atoms with Crippen molar-refractivity contribution >= 4 is 21.8 Å². The Kier molecular flexibility index (Phi) is 5.66. The van der Waals surface area contributed by atoms with Gasteiger partial charge in [-0.1, -0.05) is 13.8 Å². The molecule has 1 aliphatic rings. The van der Waals surface area contributed by atoms with Crippen LogP contribution in [0.5, 0.6) is 0 Å². The first-order chi connectivity index (χ1) is 9.65. The molecule has 1 aromatic heterocycles. The second-order valence-corrected chi connectivity index (χ2v) is 6.23. The Morgan fingerprint density at radius 3 is 2.75 bits per heavy atom. The lowest BCUT2D eigenvalue weighted by Crippen LogP contribution is -2.30. The summed E-state index contributed by atoms with van der Waals surface area (Å²) in [6.45, 7) is 8.26. The van der Waals surface area contributed by atoms with E-state index in [-0.39, 0.29) is 5.91 Å². The maximum atomic E-state index is 12.2. The van der Waals surface area contributed by atoms with E-state index in [0.717, 1.165) is 42.8 Å². The average molecular weight is 342 g/mol. The summed E-state index contributed by atoms with van der Waals surface area (Å²) >= 11 is 3.46. The molecule has 0 atom stereocenters. The number of rotatable bonds is 8. The van der Waals surface area contributed by atoms with Crippen LogP contribution in [0.15, 0.2) is 16.7 Å². The Hall–Kier alpha value is -0.810. The average Bonchev–Trinajstić information content (AvgIpc) is 3.21. The zero-order valence-corrected chi connectivity index (χ0v) is 13.9. The van der Waals surface area contributed by atoms with Crippen molar-refractivity contribution in [2.24, 2.45) is 0 Å². The molecule has 5 heteroatoms. The SMILES string of the molecule is CCN(CC)CCCNC(=O)c1cc(Br)cn1C1CC1. The van der Waals surface area contributed by atoms with Gasteiger partial charge in [0, 0.05) is 23.3 Å². The van der Waals surface area contributed by atoms with Gasteiger partial charge in [-0.3, -0.25) is 4.79 Å². The highest BCUT2D eigenvalue weighted by Crippen LogP contribution is 2.37. The van der Waals surface area contributed by atoms with Crippen LogP contribution in [0, 0.1) is 0 Å². The molecule has 0 bridgehead atoms. The predicted octanol–water partition coefficient (Wildman–Crippen LogP) is 3.05. The van der Waals surface area contributed by atoms with Crippen molar-refractivity contribution in [3.8, 4) is 0 Å². The van der Waals surface area contributed by atoms with E-state index in [1.165, 1.54) is 12.8 Å². The minimum atomic E-state index is 0.0437. The van der Waals surface area contributed by atoms with E-state index in [1.807, 2.05) is 12.3 Å². The molecule has 0 aliphatic heterocycles. The third-order valence-corrected chi connectivity index (χ3v) is 4.25. The molecular formula is C15H24BrN3O. The Balaban J connectivity index is 1.80. The van der Waals surface area contributed by atoms with Crippen molar-refractivity contribution in [2.75, 3.05) is 26.2 Å². The number of nitrogens with one attached hydrogen (secondary N) is 1. The zero-order chi connectivity index (χ0) is 14.5. The summed E-state index contributed by atoms with van der Waals surface area (Å²) in [5.41, 5.74) is 0.780. The van der Waals surface area contributed by atoms with Gasteiger partial charge in [-0.25, -0.2) is 0 Å². The molecule has 1 fully saturated rings. The third-order valence-electron chi connectivity index (χ3n) is 3.82. The monoisotopic (exact) mass is 341 g/mol. The minimum absolute atomic E-state index is 0.0437. The summed E-state index contributed by atoms with van der Waals surface area (Å²) in [5, 5.41) is 3.03. The Morgan fingerprint density at radius 1 is 1.45 bits per heavy atom. The highest BCUT2D eigenvalue weighted by molar-refractivity contribution is 9.10. The van der Waals surface area contributed by atoms with Gasteiger partial charge in [-0.05, 0) is 60.9 Å². The first-order valence-corrected chi connectivity index (χ1v) is 8.33. The van der Waals surface area contributed by atoms with Gasteiger partial charge in [-0.15, -0.1) is 0 Å². The smallest absolute Gasteiger partial charge is 0.267 e. The fourth-order valence-corrected chi connectivity index (χ4v) is 2.85. The summed E-state index contributed by atoms with van der Waals surface area (Å²) in [7, 11) is 0. The Bertz CT molecular complexity index is 450. The highest BCUT2D eigenvalue weighted by Gasteiger charge is 2.27. The van der Waals surface area contributed by atoms with Gasteiger partial charge >= 0.3 is 0 Å². The number of hydrogen-bond acceptors (Lipinski definition) is 2. The van der Waals surface area contributed by atoms with Crippen LogP contribution in [0.4, 0.5) is 0 Å². The van der Waals surface area contributed by atoms with E-state index in [9.17, 15) is 4.79 Å². The molecule has 20 heavy (non-hydrogen) atoms. The summed E-state index contributed by atoms with van der Waals surface area (Å²) in [6.07, 6.45) is 5.38. The molecule has 0 saturated heterocycles. The van der Waals surface area contributed by atoms with E-state index < -0.39 is 0 Å². The molecule has 1 N–H and O–H groups in total. The number of nitrogens with zero attached hydrogens (tertiary/aromatic N) is 2. The van der Waals surface area contributed by atoms with Crippen LogP contribution in [0.2, 0.25) is 0 Å². The number of carbonyl (C=O) groups is 1. The molecule has 1 aromatic rings. The normalized spacial score (nSPS) is 14.8. The maximum Gasteiger partial charge on any atom is 0.267 e. The number of aromatic nitrogens is 1. The van der Waals surface area contributed by atoms with E-state index in [0.29, 0.717) is 6.04 Å². The quantitative estimate of drug-likeness (QED) is 0.738. The molecule has 1 saturated carbocycles. The molecule has 1 heterocycles. The zero-order valence-electron chi connectivity index (χ0n) is 12.4. The van der Waals surface area contributed by atoms with E-state index >= 15 is 0 Å². The number of hydrogen-bond donors (Lipinski definition) is 1. The molecule has 0 unspecified atom stereocenters. The Morgan fingerprint density at radius 2 is 2.15 bits per heavy atom. The van der Waals surface area contributed by atoms with Gasteiger partial charge in [-0.2, -0.15) is 0 Å². The molecule has 4 nitrogen and oxygen atoms in total. The predicted molar refractivity (Wildman–Crippen MR) is 85.1 cm³/mol. The molecule has 1 aliphatic carbocycles. The molecule has 0 radical (unpaired) electrons. The lowest BCUT2D eigenvalue weighted by molar-refractivity contribution is 0.0942. The van der Waals surface area contributed by atoms with Crippen molar-refractivity contribution in [3.63, 3.8) is 0 Å². The van der Waals surface area contributed by atoms with Crippen molar-refractivity contribution < 1.29 is 4.79 Å². The van der Waals surface area contributed by atoms with Gasteiger partial charge in [0.1, 0.15) is 5.69 Å². The molecule has 2 rings (SSSR count). The highest BCUT2D eigenvalue weighted by atomic mass is 79.9. The maximum absolute atomic E-state index is 12.2. The number of amides is 1. The largest absolute Gasteiger partial charge is 0.351 e. The molecule has 0 aromatic carbocycles. The van der Waals surface area contributed by atoms with E-state index in [4.69, 9.17) is 0 Å². The van der Waals surface area contributed by atoms with Crippen LogP contribution >= 0.6 is 15.9 Å². The van der Waals surface area contributed by atoms with Crippen LogP contribution in [-0.4, -0.2) is 41.6 Å². The van der Waals surface area contributed by atoms with Crippen molar-refractivity contribution in [3.05, 3.63) is 22.4 Å². The molecular weight excluding hydrogens is 318 g/mol. The van der Waals surface area contributed by atoms with Gasteiger partial charge in [0.15, 0.2) is 0 Å². The fourth-order valence-electron chi connectivity index (χ4n) is 2.42. The number of carbonyl (C=O) groups excluding carboxylic acids is 1. The minimum Gasteiger partial charge on any atom is -0.351 e. The van der Waals surface area contributed by atoms with E-state index in [2.05, 4.69) is 44.6 Å². The first-order valence-electron chi connectivity index (χ1n) is 7.53. The van der Waals surface area contributed by atoms with Crippen LogP contribution < -0.4 is 5.32 Å². The van der Waals surface area contributed by atoms with Gasteiger partial charge in [0.2, 0.25) is 0 Å².